The van der Waals surface area contributed by atoms with Crippen molar-refractivity contribution >= 4 is 52.3 Å². The van der Waals surface area contributed by atoms with E-state index in [1.54, 1.807) is 28.8 Å². The summed E-state index contributed by atoms with van der Waals surface area (Å²) in [6, 6.07) is 14.3. The van der Waals surface area contributed by atoms with Gasteiger partial charge in [-0.2, -0.15) is 4.98 Å². The van der Waals surface area contributed by atoms with Crippen LogP contribution in [-0.2, 0) is 5.75 Å². The van der Waals surface area contributed by atoms with Gasteiger partial charge in [0.25, 0.3) is 11.7 Å². The molecule has 1 amide bonds. The Labute approximate surface area is 187 Å². The second kappa shape index (κ2) is 8.63. The standard InChI is InChI=1S/C21H17Cl2N5OS/c1-12-9-13(2)28-20(24-12)26-21(27-28)30-11-14-5-3-4-6-16(14)19(29)25-18-10-15(22)7-8-17(18)23/h3-10H,11H2,1-2H3,(H,25,29). The van der Waals surface area contributed by atoms with Gasteiger partial charge in [-0.15, -0.1) is 5.10 Å². The molecule has 0 fully saturated rings. The van der Waals surface area contributed by atoms with E-state index < -0.39 is 0 Å². The van der Waals surface area contributed by atoms with Crippen molar-refractivity contribution in [1.29, 1.82) is 0 Å². The molecule has 4 rings (SSSR count). The molecule has 0 bridgehead atoms. The Morgan fingerprint density at radius 2 is 1.90 bits per heavy atom. The number of anilines is 1. The SMILES string of the molecule is Cc1cc(C)n2nc(SCc3ccccc3C(=O)Nc3cc(Cl)ccc3Cl)nc2n1. The van der Waals surface area contributed by atoms with E-state index in [1.165, 1.54) is 11.8 Å². The fraction of sp³-hybridized carbons (Fsp3) is 0.143. The quantitative estimate of drug-likeness (QED) is 0.395. The Morgan fingerprint density at radius 3 is 2.73 bits per heavy atom. The largest absolute Gasteiger partial charge is 0.321 e. The lowest BCUT2D eigenvalue weighted by Gasteiger charge is -2.11. The third-order valence-corrected chi connectivity index (χ3v) is 5.85. The average molecular weight is 458 g/mol. The van der Waals surface area contributed by atoms with Gasteiger partial charge in [-0.25, -0.2) is 9.50 Å². The van der Waals surface area contributed by atoms with E-state index in [9.17, 15) is 4.79 Å². The minimum Gasteiger partial charge on any atom is -0.321 e. The first-order chi connectivity index (χ1) is 14.4. The molecule has 0 saturated heterocycles. The summed E-state index contributed by atoms with van der Waals surface area (Å²) in [6.45, 7) is 3.89. The Morgan fingerprint density at radius 1 is 1.10 bits per heavy atom. The van der Waals surface area contributed by atoms with Gasteiger partial charge in [0.05, 0.1) is 10.7 Å². The molecule has 0 saturated carbocycles. The normalized spacial score (nSPS) is 11.1. The van der Waals surface area contributed by atoms with Crippen molar-refractivity contribution < 1.29 is 4.79 Å². The van der Waals surface area contributed by atoms with Gasteiger partial charge in [0.2, 0.25) is 5.16 Å². The van der Waals surface area contributed by atoms with E-state index in [4.69, 9.17) is 23.2 Å². The molecule has 152 valence electrons. The van der Waals surface area contributed by atoms with E-state index in [1.807, 2.05) is 38.1 Å². The zero-order valence-corrected chi connectivity index (χ0v) is 18.5. The number of hydrogen-bond donors (Lipinski definition) is 1. The highest BCUT2D eigenvalue weighted by Gasteiger charge is 2.15. The Balaban J connectivity index is 1.54. The van der Waals surface area contributed by atoms with Crippen LogP contribution in [0.2, 0.25) is 10.0 Å². The van der Waals surface area contributed by atoms with Crippen LogP contribution in [0.15, 0.2) is 53.7 Å². The second-order valence-corrected chi connectivity index (χ2v) is 8.46. The summed E-state index contributed by atoms with van der Waals surface area (Å²) in [4.78, 5) is 21.8. The van der Waals surface area contributed by atoms with E-state index in [0.717, 1.165) is 17.0 Å². The number of nitrogens with one attached hydrogen (secondary N) is 1. The van der Waals surface area contributed by atoms with Gasteiger partial charge in [-0.3, -0.25) is 4.79 Å². The predicted octanol–water partition coefficient (Wildman–Crippen LogP) is 5.59. The summed E-state index contributed by atoms with van der Waals surface area (Å²) in [5.74, 6) is 0.838. The van der Waals surface area contributed by atoms with Crippen molar-refractivity contribution in [2.24, 2.45) is 0 Å². The van der Waals surface area contributed by atoms with Crippen molar-refractivity contribution in [3.8, 4) is 0 Å². The van der Waals surface area contributed by atoms with Gasteiger partial charge in [-0.05, 0) is 49.7 Å². The monoisotopic (exact) mass is 457 g/mol. The zero-order valence-electron chi connectivity index (χ0n) is 16.2. The molecule has 1 N–H and O–H groups in total. The summed E-state index contributed by atoms with van der Waals surface area (Å²) in [6.07, 6.45) is 0. The van der Waals surface area contributed by atoms with E-state index in [-0.39, 0.29) is 5.91 Å². The Hall–Kier alpha value is -2.61. The molecule has 0 aliphatic heterocycles. The topological polar surface area (TPSA) is 72.2 Å². The predicted molar refractivity (Wildman–Crippen MR) is 121 cm³/mol. The first kappa shape index (κ1) is 20.7. The summed E-state index contributed by atoms with van der Waals surface area (Å²) < 4.78 is 1.72. The molecule has 2 heterocycles. The summed E-state index contributed by atoms with van der Waals surface area (Å²) in [7, 11) is 0. The molecule has 30 heavy (non-hydrogen) atoms. The maximum Gasteiger partial charge on any atom is 0.256 e. The van der Waals surface area contributed by atoms with Gasteiger partial charge in [0.1, 0.15) is 0 Å². The van der Waals surface area contributed by atoms with Crippen molar-refractivity contribution in [3.63, 3.8) is 0 Å². The third kappa shape index (κ3) is 4.43. The van der Waals surface area contributed by atoms with Crippen LogP contribution in [0.1, 0.15) is 27.3 Å². The minimum atomic E-state index is -0.258. The average Bonchev–Trinajstić information content (AvgIpc) is 3.12. The van der Waals surface area contributed by atoms with Crippen molar-refractivity contribution in [1.82, 2.24) is 19.6 Å². The third-order valence-electron chi connectivity index (χ3n) is 4.39. The van der Waals surface area contributed by atoms with E-state index in [2.05, 4.69) is 20.4 Å². The number of nitrogens with zero attached hydrogens (tertiary/aromatic N) is 4. The van der Waals surface area contributed by atoms with Crippen LogP contribution in [-0.4, -0.2) is 25.5 Å². The fourth-order valence-corrected chi connectivity index (χ4v) is 4.16. The van der Waals surface area contributed by atoms with Crippen LogP contribution < -0.4 is 5.32 Å². The van der Waals surface area contributed by atoms with Crippen LogP contribution in [0, 0.1) is 13.8 Å². The maximum atomic E-state index is 12.9. The van der Waals surface area contributed by atoms with Gasteiger partial charge < -0.3 is 5.32 Å². The molecule has 6 nitrogen and oxygen atoms in total. The molecule has 2 aromatic heterocycles. The zero-order chi connectivity index (χ0) is 21.3. The lowest BCUT2D eigenvalue weighted by Crippen LogP contribution is -2.14. The lowest BCUT2D eigenvalue weighted by molar-refractivity contribution is 0.102. The molecule has 2 aromatic carbocycles. The maximum absolute atomic E-state index is 12.9. The number of benzene rings is 2. The highest BCUT2D eigenvalue weighted by molar-refractivity contribution is 7.98. The van der Waals surface area contributed by atoms with Crippen molar-refractivity contribution in [2.75, 3.05) is 5.32 Å². The highest BCUT2D eigenvalue weighted by atomic mass is 35.5. The van der Waals surface area contributed by atoms with Gasteiger partial charge in [0.15, 0.2) is 0 Å². The smallest absolute Gasteiger partial charge is 0.256 e. The van der Waals surface area contributed by atoms with Crippen LogP contribution in [0.3, 0.4) is 0 Å². The first-order valence-electron chi connectivity index (χ1n) is 9.09. The molecule has 0 aliphatic carbocycles. The number of fused-ring (bicyclic) bond motifs is 1. The van der Waals surface area contributed by atoms with Crippen LogP contribution in [0.5, 0.6) is 0 Å². The highest BCUT2D eigenvalue weighted by Crippen LogP contribution is 2.27. The number of aryl methyl sites for hydroxylation is 2. The van der Waals surface area contributed by atoms with Crippen LogP contribution in [0.25, 0.3) is 5.78 Å². The van der Waals surface area contributed by atoms with Gasteiger partial charge in [0, 0.05) is 27.7 Å². The lowest BCUT2D eigenvalue weighted by atomic mass is 10.1. The van der Waals surface area contributed by atoms with Gasteiger partial charge >= 0.3 is 0 Å². The van der Waals surface area contributed by atoms with Gasteiger partial charge in [-0.1, -0.05) is 53.2 Å². The Bertz CT molecular complexity index is 1260. The molecule has 0 spiro atoms. The molecular formula is C21H17Cl2N5OS. The number of carbonyl (C=O) groups is 1. The van der Waals surface area contributed by atoms with Crippen molar-refractivity contribution in [3.05, 3.63) is 81.1 Å². The number of hydrogen-bond acceptors (Lipinski definition) is 5. The molecule has 0 radical (unpaired) electrons. The molecule has 9 heteroatoms. The number of carbonyl (C=O) groups excluding carboxylic acids is 1. The molecule has 0 aliphatic rings. The number of halogens is 2. The minimum absolute atomic E-state index is 0.258. The van der Waals surface area contributed by atoms with E-state index >= 15 is 0 Å². The van der Waals surface area contributed by atoms with Crippen LogP contribution >= 0.6 is 35.0 Å². The summed E-state index contributed by atoms with van der Waals surface area (Å²) in [5.41, 5.74) is 3.74. The Kier molecular flexibility index (Phi) is 5.94. The van der Waals surface area contributed by atoms with E-state index in [0.29, 0.717) is 38.0 Å². The number of thioether (sulfide) groups is 1. The van der Waals surface area contributed by atoms with Crippen molar-refractivity contribution in [2.45, 2.75) is 24.8 Å². The number of rotatable bonds is 5. The summed E-state index contributed by atoms with van der Waals surface area (Å²) in [5, 5.41) is 8.86. The molecule has 0 unspecified atom stereocenters. The van der Waals surface area contributed by atoms with Crippen LogP contribution in [0.4, 0.5) is 5.69 Å². The number of aromatic nitrogens is 4. The fourth-order valence-electron chi connectivity index (χ4n) is 3.00. The molecule has 4 aromatic rings. The first-order valence-corrected chi connectivity index (χ1v) is 10.8. The second-order valence-electron chi connectivity index (χ2n) is 6.67. The molecule has 0 atom stereocenters. The summed E-state index contributed by atoms with van der Waals surface area (Å²) >= 11 is 13.6. The number of amides is 1. The molecular weight excluding hydrogens is 441 g/mol.